The van der Waals surface area contributed by atoms with Crippen molar-refractivity contribution in [1.82, 2.24) is 0 Å². The molecule has 56 valence electrons. The Morgan fingerprint density at radius 1 is 1.80 bits per heavy atom. The molecule has 1 atom stereocenters. The molecule has 0 radical (unpaired) electrons. The number of allylic oxidation sites excluding steroid dienone is 1. The first-order valence-corrected chi connectivity index (χ1v) is 3.60. The highest BCUT2D eigenvalue weighted by atomic mass is 16.3. The summed E-state index contributed by atoms with van der Waals surface area (Å²) < 4.78 is 0. The zero-order valence-corrected chi connectivity index (χ0v) is 6.13. The van der Waals surface area contributed by atoms with E-state index >= 15 is 0 Å². The standard InChI is InChI=1S/C8H12O2/c1-6(9)7-3-2-4-8(10)5-7/h5,8,10H,2-4H2,1H3. The van der Waals surface area contributed by atoms with Gasteiger partial charge in [-0.05, 0) is 37.8 Å². The Bertz CT molecular complexity index is 170. The second kappa shape index (κ2) is 2.97. The van der Waals surface area contributed by atoms with Crippen LogP contribution in [-0.2, 0) is 4.79 Å². The predicted octanol–water partition coefficient (Wildman–Crippen LogP) is 1.05. The third kappa shape index (κ3) is 1.67. The van der Waals surface area contributed by atoms with Gasteiger partial charge in [0.25, 0.3) is 0 Å². The molecule has 10 heavy (non-hydrogen) atoms. The lowest BCUT2D eigenvalue weighted by atomic mass is 9.95. The minimum absolute atomic E-state index is 0.0961. The summed E-state index contributed by atoms with van der Waals surface area (Å²) in [7, 11) is 0. The molecule has 0 aromatic carbocycles. The summed E-state index contributed by atoms with van der Waals surface area (Å²) in [5.74, 6) is 0.0961. The summed E-state index contributed by atoms with van der Waals surface area (Å²) in [5, 5.41) is 9.10. The lowest BCUT2D eigenvalue weighted by molar-refractivity contribution is -0.113. The average Bonchev–Trinajstić information content (AvgIpc) is 1.88. The molecule has 0 aromatic rings. The van der Waals surface area contributed by atoms with Crippen molar-refractivity contribution >= 4 is 5.78 Å². The Labute approximate surface area is 60.6 Å². The number of hydrogen-bond acceptors (Lipinski definition) is 2. The first-order chi connectivity index (χ1) is 4.70. The van der Waals surface area contributed by atoms with E-state index in [0.717, 1.165) is 24.8 Å². The molecule has 2 heteroatoms. The van der Waals surface area contributed by atoms with Crippen LogP contribution in [0.2, 0.25) is 0 Å². The van der Waals surface area contributed by atoms with Gasteiger partial charge in [-0.25, -0.2) is 0 Å². The maximum absolute atomic E-state index is 10.8. The van der Waals surface area contributed by atoms with Crippen molar-refractivity contribution in [3.63, 3.8) is 0 Å². The summed E-state index contributed by atoms with van der Waals surface area (Å²) in [5.41, 5.74) is 0.791. The number of aliphatic hydroxyl groups is 1. The van der Waals surface area contributed by atoms with Crippen molar-refractivity contribution in [2.75, 3.05) is 0 Å². The second-order valence-electron chi connectivity index (χ2n) is 2.71. The molecule has 1 unspecified atom stereocenters. The van der Waals surface area contributed by atoms with Crippen LogP contribution in [0.5, 0.6) is 0 Å². The summed E-state index contributed by atoms with van der Waals surface area (Å²) in [6.45, 7) is 1.55. The monoisotopic (exact) mass is 140 g/mol. The van der Waals surface area contributed by atoms with Crippen molar-refractivity contribution in [3.05, 3.63) is 11.6 Å². The molecule has 0 heterocycles. The minimum atomic E-state index is -0.382. The van der Waals surface area contributed by atoms with Crippen molar-refractivity contribution in [3.8, 4) is 0 Å². The van der Waals surface area contributed by atoms with E-state index in [-0.39, 0.29) is 11.9 Å². The number of carbonyl (C=O) groups is 1. The van der Waals surface area contributed by atoms with Crippen LogP contribution < -0.4 is 0 Å². The molecule has 2 nitrogen and oxygen atoms in total. The zero-order chi connectivity index (χ0) is 7.56. The van der Waals surface area contributed by atoms with Gasteiger partial charge in [-0.15, -0.1) is 0 Å². The first kappa shape index (κ1) is 7.48. The molecule has 0 aliphatic heterocycles. The zero-order valence-electron chi connectivity index (χ0n) is 6.13. The molecule has 0 spiro atoms. The fourth-order valence-corrected chi connectivity index (χ4v) is 1.19. The van der Waals surface area contributed by atoms with Crippen molar-refractivity contribution in [2.24, 2.45) is 0 Å². The molecule has 0 saturated heterocycles. The van der Waals surface area contributed by atoms with Crippen molar-refractivity contribution in [2.45, 2.75) is 32.3 Å². The predicted molar refractivity (Wildman–Crippen MR) is 38.6 cm³/mol. The summed E-state index contributed by atoms with van der Waals surface area (Å²) in [6, 6.07) is 0. The van der Waals surface area contributed by atoms with Gasteiger partial charge in [-0.3, -0.25) is 4.79 Å². The smallest absolute Gasteiger partial charge is 0.155 e. The molecule has 0 aromatic heterocycles. The number of Topliss-reactive ketones (excluding diaryl/α,β-unsaturated/α-hetero) is 1. The Morgan fingerprint density at radius 3 is 2.90 bits per heavy atom. The van der Waals surface area contributed by atoms with Crippen LogP contribution >= 0.6 is 0 Å². The van der Waals surface area contributed by atoms with Gasteiger partial charge < -0.3 is 5.11 Å². The minimum Gasteiger partial charge on any atom is -0.389 e. The van der Waals surface area contributed by atoms with Crippen LogP contribution in [0.25, 0.3) is 0 Å². The third-order valence-corrected chi connectivity index (χ3v) is 1.79. The molecule has 0 saturated carbocycles. The summed E-state index contributed by atoms with van der Waals surface area (Å²) in [6.07, 6.45) is 3.87. The maximum atomic E-state index is 10.8. The number of hydrogen-bond donors (Lipinski definition) is 1. The Hall–Kier alpha value is -0.630. The number of rotatable bonds is 1. The lowest BCUT2D eigenvalue weighted by Gasteiger charge is -2.14. The lowest BCUT2D eigenvalue weighted by Crippen LogP contribution is -2.12. The SMILES string of the molecule is CC(=O)C1=CC(O)CCC1. The molecule has 1 N–H and O–H groups in total. The third-order valence-electron chi connectivity index (χ3n) is 1.79. The van der Waals surface area contributed by atoms with Gasteiger partial charge in [0.1, 0.15) is 0 Å². The van der Waals surface area contributed by atoms with Gasteiger partial charge in [-0.1, -0.05) is 0 Å². The normalized spacial score (nSPS) is 25.8. The highest BCUT2D eigenvalue weighted by Crippen LogP contribution is 2.17. The van der Waals surface area contributed by atoms with Crippen LogP contribution in [0.1, 0.15) is 26.2 Å². The Morgan fingerprint density at radius 2 is 2.50 bits per heavy atom. The van der Waals surface area contributed by atoms with Crippen LogP contribution in [0.4, 0.5) is 0 Å². The number of aliphatic hydroxyl groups excluding tert-OH is 1. The van der Waals surface area contributed by atoms with Crippen LogP contribution in [0.15, 0.2) is 11.6 Å². The van der Waals surface area contributed by atoms with Crippen molar-refractivity contribution in [1.29, 1.82) is 0 Å². The molecular weight excluding hydrogens is 128 g/mol. The largest absolute Gasteiger partial charge is 0.389 e. The Balaban J connectivity index is 2.66. The fraction of sp³-hybridized carbons (Fsp3) is 0.625. The molecule has 1 aliphatic rings. The molecule has 0 bridgehead atoms. The second-order valence-corrected chi connectivity index (χ2v) is 2.71. The highest BCUT2D eigenvalue weighted by Gasteiger charge is 2.12. The van der Waals surface area contributed by atoms with Gasteiger partial charge in [0.2, 0.25) is 0 Å². The van der Waals surface area contributed by atoms with E-state index in [1.54, 1.807) is 13.0 Å². The quantitative estimate of drug-likeness (QED) is 0.591. The fourth-order valence-electron chi connectivity index (χ4n) is 1.19. The summed E-state index contributed by atoms with van der Waals surface area (Å²) in [4.78, 5) is 10.8. The van der Waals surface area contributed by atoms with Crippen LogP contribution in [0.3, 0.4) is 0 Å². The van der Waals surface area contributed by atoms with E-state index in [0.29, 0.717) is 0 Å². The molecule has 0 fully saturated rings. The highest BCUT2D eigenvalue weighted by molar-refractivity contribution is 5.93. The van der Waals surface area contributed by atoms with E-state index in [9.17, 15) is 4.79 Å². The van der Waals surface area contributed by atoms with Gasteiger partial charge in [0.15, 0.2) is 5.78 Å². The van der Waals surface area contributed by atoms with Gasteiger partial charge in [0.05, 0.1) is 6.10 Å². The number of carbonyl (C=O) groups excluding carboxylic acids is 1. The topological polar surface area (TPSA) is 37.3 Å². The van der Waals surface area contributed by atoms with Gasteiger partial charge in [-0.2, -0.15) is 0 Å². The van der Waals surface area contributed by atoms with Gasteiger partial charge in [0, 0.05) is 0 Å². The Kier molecular flexibility index (Phi) is 2.22. The molecule has 1 aliphatic carbocycles. The number of ketones is 1. The molecule has 0 amide bonds. The van der Waals surface area contributed by atoms with E-state index in [2.05, 4.69) is 0 Å². The van der Waals surface area contributed by atoms with E-state index < -0.39 is 0 Å². The van der Waals surface area contributed by atoms with E-state index in [1.165, 1.54) is 0 Å². The summed E-state index contributed by atoms with van der Waals surface area (Å²) >= 11 is 0. The van der Waals surface area contributed by atoms with E-state index in [1.807, 2.05) is 0 Å². The van der Waals surface area contributed by atoms with Crippen molar-refractivity contribution < 1.29 is 9.90 Å². The van der Waals surface area contributed by atoms with E-state index in [4.69, 9.17) is 5.11 Å². The average molecular weight is 140 g/mol. The van der Waals surface area contributed by atoms with Crippen LogP contribution in [0, 0.1) is 0 Å². The molecule has 1 rings (SSSR count). The maximum Gasteiger partial charge on any atom is 0.155 e. The van der Waals surface area contributed by atoms with Crippen LogP contribution in [-0.4, -0.2) is 17.0 Å². The molecular formula is C8H12O2. The first-order valence-electron chi connectivity index (χ1n) is 3.60. The van der Waals surface area contributed by atoms with Gasteiger partial charge >= 0.3 is 0 Å².